The fourth-order valence-electron chi connectivity index (χ4n) is 2.03. The molecule has 2 aromatic carbocycles. The highest BCUT2D eigenvalue weighted by Gasteiger charge is 2.11. The molecule has 0 aliphatic carbocycles. The van der Waals surface area contributed by atoms with E-state index in [-0.39, 0.29) is 23.0 Å². The molecule has 5 nitrogen and oxygen atoms in total. The van der Waals surface area contributed by atoms with E-state index in [1.807, 2.05) is 0 Å². The average Bonchev–Trinajstić information content (AvgIpc) is 2.58. The largest absolute Gasteiger partial charge is 0.393 e. The number of nitrogens with two attached hydrogens (primary N) is 1. The molecule has 0 fully saturated rings. The van der Waals surface area contributed by atoms with Gasteiger partial charge in [-0.25, -0.2) is 18.7 Å². The van der Waals surface area contributed by atoms with E-state index in [0.717, 1.165) is 12.1 Å². The Morgan fingerprint density at radius 3 is 2.32 bits per heavy atom. The number of hydrogen-bond acceptors (Lipinski definition) is 5. The summed E-state index contributed by atoms with van der Waals surface area (Å²) in [5.41, 5.74) is 7.01. The highest BCUT2D eigenvalue weighted by atomic mass is 35.5. The van der Waals surface area contributed by atoms with Crippen molar-refractivity contribution in [3.63, 3.8) is 0 Å². The maximum absolute atomic E-state index is 13.3. The van der Waals surface area contributed by atoms with Crippen LogP contribution in [0.15, 0.2) is 42.7 Å². The predicted octanol–water partition coefficient (Wildman–Crippen LogP) is 5.13. The number of aromatic nitrogens is 2. The van der Waals surface area contributed by atoms with E-state index in [0.29, 0.717) is 15.7 Å². The number of nitrogens with one attached hydrogen (secondary N) is 2. The number of nitrogens with zero attached hydrogens (tertiary/aromatic N) is 2. The van der Waals surface area contributed by atoms with Gasteiger partial charge in [-0.2, -0.15) is 0 Å². The smallest absolute Gasteiger partial charge is 0.160 e. The molecule has 0 unspecified atom stereocenters. The molecule has 0 bridgehead atoms. The lowest BCUT2D eigenvalue weighted by atomic mass is 10.3. The number of anilines is 5. The lowest BCUT2D eigenvalue weighted by Crippen LogP contribution is -2.05. The number of rotatable bonds is 4. The summed E-state index contributed by atoms with van der Waals surface area (Å²) in [6.45, 7) is 0. The van der Waals surface area contributed by atoms with Gasteiger partial charge in [-0.15, -0.1) is 0 Å². The Balaban J connectivity index is 1.89. The van der Waals surface area contributed by atoms with Gasteiger partial charge >= 0.3 is 0 Å². The van der Waals surface area contributed by atoms with Crippen LogP contribution in [0.5, 0.6) is 0 Å². The molecule has 1 aromatic heterocycles. The van der Waals surface area contributed by atoms with E-state index in [1.165, 1.54) is 12.4 Å². The molecule has 0 amide bonds. The second kappa shape index (κ2) is 7.08. The molecular weight excluding hydrogens is 371 g/mol. The van der Waals surface area contributed by atoms with Gasteiger partial charge < -0.3 is 16.4 Å². The summed E-state index contributed by atoms with van der Waals surface area (Å²) in [7, 11) is 0. The van der Waals surface area contributed by atoms with Gasteiger partial charge in [-0.3, -0.25) is 0 Å². The first-order valence-corrected chi connectivity index (χ1v) is 7.74. The highest BCUT2D eigenvalue weighted by Crippen LogP contribution is 2.32. The third-order valence-corrected chi connectivity index (χ3v) is 3.81. The lowest BCUT2D eigenvalue weighted by molar-refractivity contribution is 0.509. The summed E-state index contributed by atoms with van der Waals surface area (Å²) in [5, 5.41) is 6.69. The number of halogens is 4. The summed E-state index contributed by atoms with van der Waals surface area (Å²) in [6.07, 6.45) is 1.26. The quantitative estimate of drug-likeness (QED) is 0.583. The maximum Gasteiger partial charge on any atom is 0.160 e. The summed E-state index contributed by atoms with van der Waals surface area (Å²) in [5.74, 6) is -1.42. The summed E-state index contributed by atoms with van der Waals surface area (Å²) >= 11 is 12.0. The Morgan fingerprint density at radius 2 is 1.60 bits per heavy atom. The van der Waals surface area contributed by atoms with E-state index in [9.17, 15) is 8.78 Å². The number of benzene rings is 2. The van der Waals surface area contributed by atoms with Gasteiger partial charge in [0.2, 0.25) is 0 Å². The van der Waals surface area contributed by atoms with Crippen LogP contribution in [-0.2, 0) is 0 Å². The van der Waals surface area contributed by atoms with E-state index in [2.05, 4.69) is 20.6 Å². The van der Waals surface area contributed by atoms with Crippen LogP contribution in [0.3, 0.4) is 0 Å². The van der Waals surface area contributed by atoms with Crippen LogP contribution < -0.4 is 16.4 Å². The van der Waals surface area contributed by atoms with Gasteiger partial charge in [-0.1, -0.05) is 23.2 Å². The van der Waals surface area contributed by atoms with Crippen LogP contribution in [0, 0.1) is 11.6 Å². The zero-order chi connectivity index (χ0) is 18.0. The van der Waals surface area contributed by atoms with Crippen LogP contribution >= 0.6 is 23.2 Å². The monoisotopic (exact) mass is 381 g/mol. The average molecular weight is 382 g/mol. The van der Waals surface area contributed by atoms with Gasteiger partial charge in [0.05, 0.1) is 10.7 Å². The van der Waals surface area contributed by atoms with E-state index in [4.69, 9.17) is 28.9 Å². The van der Waals surface area contributed by atoms with Crippen molar-refractivity contribution in [3.8, 4) is 0 Å². The zero-order valence-electron chi connectivity index (χ0n) is 12.5. The Kier molecular flexibility index (Phi) is 4.87. The van der Waals surface area contributed by atoms with Crippen molar-refractivity contribution >= 4 is 51.9 Å². The van der Waals surface area contributed by atoms with Crippen LogP contribution in [0.2, 0.25) is 10.0 Å². The molecule has 0 saturated carbocycles. The van der Waals surface area contributed by atoms with E-state index in [1.54, 1.807) is 18.2 Å². The Labute approximate surface area is 151 Å². The lowest BCUT2D eigenvalue weighted by Gasteiger charge is -2.13. The van der Waals surface area contributed by atoms with Crippen molar-refractivity contribution in [2.24, 2.45) is 0 Å². The zero-order valence-corrected chi connectivity index (χ0v) is 14.0. The summed E-state index contributed by atoms with van der Waals surface area (Å²) in [6, 6.07) is 8.26. The Morgan fingerprint density at radius 1 is 0.880 bits per heavy atom. The van der Waals surface area contributed by atoms with E-state index < -0.39 is 11.6 Å². The normalized spacial score (nSPS) is 10.6. The summed E-state index contributed by atoms with van der Waals surface area (Å²) in [4.78, 5) is 8.06. The minimum Gasteiger partial charge on any atom is -0.393 e. The van der Waals surface area contributed by atoms with Crippen LogP contribution in [0.1, 0.15) is 0 Å². The first kappa shape index (κ1) is 17.2. The molecule has 4 N–H and O–H groups in total. The Bertz CT molecular complexity index is 936. The predicted molar refractivity (Wildman–Crippen MR) is 95.8 cm³/mol. The third kappa shape index (κ3) is 3.89. The fourth-order valence-corrected chi connectivity index (χ4v) is 2.36. The third-order valence-electron chi connectivity index (χ3n) is 3.25. The molecule has 0 spiro atoms. The molecule has 0 atom stereocenters. The summed E-state index contributed by atoms with van der Waals surface area (Å²) < 4.78 is 26.3. The van der Waals surface area contributed by atoms with Crippen molar-refractivity contribution in [3.05, 3.63) is 64.4 Å². The van der Waals surface area contributed by atoms with Gasteiger partial charge in [0.15, 0.2) is 23.3 Å². The molecule has 25 heavy (non-hydrogen) atoms. The highest BCUT2D eigenvalue weighted by molar-refractivity contribution is 6.35. The second-order valence-corrected chi connectivity index (χ2v) is 5.83. The number of hydrogen-bond donors (Lipinski definition) is 3. The van der Waals surface area contributed by atoms with Crippen LogP contribution in [-0.4, -0.2) is 9.97 Å². The molecule has 0 aliphatic rings. The van der Waals surface area contributed by atoms with Crippen molar-refractivity contribution in [2.75, 3.05) is 16.4 Å². The van der Waals surface area contributed by atoms with Crippen molar-refractivity contribution < 1.29 is 8.78 Å². The number of nitrogen functional groups attached to an aromatic ring is 1. The molecule has 3 aromatic rings. The fraction of sp³-hybridized carbons (Fsp3) is 0. The van der Waals surface area contributed by atoms with Crippen molar-refractivity contribution in [1.82, 2.24) is 9.97 Å². The van der Waals surface area contributed by atoms with Crippen LogP contribution in [0.25, 0.3) is 0 Å². The van der Waals surface area contributed by atoms with E-state index >= 15 is 0 Å². The molecular formula is C16H11Cl2F2N5. The molecule has 9 heteroatoms. The maximum atomic E-state index is 13.3. The van der Waals surface area contributed by atoms with Crippen molar-refractivity contribution in [2.45, 2.75) is 0 Å². The van der Waals surface area contributed by atoms with Gasteiger partial charge in [-0.05, 0) is 30.3 Å². The van der Waals surface area contributed by atoms with Gasteiger partial charge in [0, 0.05) is 16.8 Å². The minimum atomic E-state index is -0.985. The molecule has 0 aliphatic heterocycles. The molecule has 0 saturated heterocycles. The molecule has 3 rings (SSSR count). The first-order valence-electron chi connectivity index (χ1n) is 6.98. The molecule has 128 valence electrons. The van der Waals surface area contributed by atoms with Gasteiger partial charge in [0.1, 0.15) is 12.0 Å². The Hall–Kier alpha value is -2.64. The first-order chi connectivity index (χ1) is 11.9. The van der Waals surface area contributed by atoms with Crippen molar-refractivity contribution in [1.29, 1.82) is 0 Å². The SMILES string of the molecule is Nc1c(Nc2ccc(F)c(F)c2)ncnc1Nc1cc(Cl)ccc1Cl. The molecule has 1 heterocycles. The topological polar surface area (TPSA) is 75.9 Å². The standard InChI is InChI=1S/C16H11Cl2F2N5/c17-8-1-3-10(18)13(5-8)25-16-14(21)15(22-7-23-16)24-9-2-4-11(19)12(20)6-9/h1-7H,21H2,(H2,22,23,24,25). The van der Waals surface area contributed by atoms with Crippen LogP contribution in [0.4, 0.5) is 37.5 Å². The molecule has 0 radical (unpaired) electrons. The second-order valence-electron chi connectivity index (χ2n) is 4.99. The minimum absolute atomic E-state index is 0.170. The van der Waals surface area contributed by atoms with Gasteiger partial charge in [0.25, 0.3) is 0 Å².